The molecule has 0 fully saturated rings. The number of hydrogen-bond acceptors (Lipinski definition) is 2. The van der Waals surface area contributed by atoms with Gasteiger partial charge in [0.05, 0.1) is 11.1 Å². The Balaban J connectivity index is 1.97. The zero-order valence-electron chi connectivity index (χ0n) is 13.2. The van der Waals surface area contributed by atoms with Gasteiger partial charge in [-0.1, -0.05) is 30.3 Å². The zero-order valence-corrected chi connectivity index (χ0v) is 13.2. The third-order valence-corrected chi connectivity index (χ3v) is 4.36. The molecule has 0 radical (unpaired) electrons. The highest BCUT2D eigenvalue weighted by Gasteiger charge is 2.15. The molecule has 1 aliphatic rings. The van der Waals surface area contributed by atoms with Crippen molar-refractivity contribution in [2.24, 2.45) is 0 Å². The minimum Gasteiger partial charge on any atom is -0.478 e. The number of carbonyl (C=O) groups is 2. The molecule has 2 aromatic rings. The molecule has 2 N–H and O–H groups in total. The molecule has 0 atom stereocenters. The molecule has 0 aromatic heterocycles. The first-order valence-corrected chi connectivity index (χ1v) is 7.95. The van der Waals surface area contributed by atoms with Crippen LogP contribution in [-0.4, -0.2) is 22.2 Å². The zero-order chi connectivity index (χ0) is 17.1. The summed E-state index contributed by atoms with van der Waals surface area (Å²) < 4.78 is 0. The van der Waals surface area contributed by atoms with Crippen LogP contribution < -0.4 is 0 Å². The summed E-state index contributed by atoms with van der Waals surface area (Å²) in [5.41, 5.74) is 4.28. The molecule has 122 valence electrons. The van der Waals surface area contributed by atoms with Crippen molar-refractivity contribution in [2.45, 2.75) is 25.7 Å². The van der Waals surface area contributed by atoms with Gasteiger partial charge in [0.1, 0.15) is 0 Å². The molecule has 2 aromatic carbocycles. The molecule has 0 aliphatic heterocycles. The van der Waals surface area contributed by atoms with Crippen molar-refractivity contribution in [1.82, 2.24) is 0 Å². The van der Waals surface area contributed by atoms with E-state index in [1.54, 1.807) is 18.2 Å². The van der Waals surface area contributed by atoms with Gasteiger partial charge in [0, 0.05) is 0 Å². The number of aliphatic carboxylic acids is 1. The van der Waals surface area contributed by atoms with Crippen LogP contribution in [0.5, 0.6) is 0 Å². The van der Waals surface area contributed by atoms with Gasteiger partial charge in [-0.25, -0.2) is 9.59 Å². The highest BCUT2D eigenvalue weighted by atomic mass is 16.4. The third-order valence-electron chi connectivity index (χ3n) is 4.36. The standard InChI is InChI=1S/C20H18O4/c21-19(22)15-7-5-13(6-8-15)11-18(20(23)24)17-10-9-14-3-1-2-4-16(14)12-17/h5-12H,1-4H2,(H,21,22)(H,23,24)/b18-11-. The van der Waals surface area contributed by atoms with Crippen molar-refractivity contribution >= 4 is 23.6 Å². The van der Waals surface area contributed by atoms with E-state index in [0.717, 1.165) is 19.3 Å². The summed E-state index contributed by atoms with van der Waals surface area (Å²) in [6, 6.07) is 12.0. The number of aromatic carboxylic acids is 1. The van der Waals surface area contributed by atoms with Gasteiger partial charge in [0.15, 0.2) is 0 Å². The lowest BCUT2D eigenvalue weighted by molar-refractivity contribution is -0.130. The van der Waals surface area contributed by atoms with E-state index in [0.29, 0.717) is 11.1 Å². The summed E-state index contributed by atoms with van der Waals surface area (Å²) in [4.78, 5) is 22.6. The molecule has 0 unspecified atom stereocenters. The van der Waals surface area contributed by atoms with Crippen molar-refractivity contribution in [2.75, 3.05) is 0 Å². The van der Waals surface area contributed by atoms with E-state index in [1.165, 1.54) is 29.7 Å². The Morgan fingerprint density at radius 1 is 0.833 bits per heavy atom. The van der Waals surface area contributed by atoms with Gasteiger partial charge in [-0.3, -0.25) is 0 Å². The van der Waals surface area contributed by atoms with Crippen molar-refractivity contribution in [1.29, 1.82) is 0 Å². The fourth-order valence-corrected chi connectivity index (χ4v) is 3.06. The summed E-state index contributed by atoms with van der Waals surface area (Å²) in [6.45, 7) is 0. The number of fused-ring (bicyclic) bond motifs is 1. The Hall–Kier alpha value is -2.88. The molecular formula is C20H18O4. The van der Waals surface area contributed by atoms with Gasteiger partial charge in [0.2, 0.25) is 0 Å². The number of benzene rings is 2. The second-order valence-electron chi connectivity index (χ2n) is 5.98. The monoisotopic (exact) mass is 322 g/mol. The summed E-state index contributed by atoms with van der Waals surface area (Å²) in [5, 5.41) is 18.5. The summed E-state index contributed by atoms with van der Waals surface area (Å²) in [5.74, 6) is -1.99. The number of aryl methyl sites for hydroxylation is 2. The van der Waals surface area contributed by atoms with Crippen molar-refractivity contribution in [3.8, 4) is 0 Å². The fourth-order valence-electron chi connectivity index (χ4n) is 3.06. The largest absolute Gasteiger partial charge is 0.478 e. The van der Waals surface area contributed by atoms with E-state index >= 15 is 0 Å². The molecule has 0 saturated carbocycles. The normalized spacial score (nSPS) is 14.1. The van der Waals surface area contributed by atoms with Crippen LogP contribution in [0.15, 0.2) is 42.5 Å². The first kappa shape index (κ1) is 16.0. The van der Waals surface area contributed by atoms with Crippen LogP contribution in [0.4, 0.5) is 0 Å². The summed E-state index contributed by atoms with van der Waals surface area (Å²) >= 11 is 0. The van der Waals surface area contributed by atoms with E-state index < -0.39 is 11.9 Å². The van der Waals surface area contributed by atoms with Gasteiger partial charge in [0.25, 0.3) is 0 Å². The van der Waals surface area contributed by atoms with Crippen LogP contribution >= 0.6 is 0 Å². The maximum absolute atomic E-state index is 11.7. The Labute approximate surface area is 140 Å². The summed E-state index contributed by atoms with van der Waals surface area (Å²) in [7, 11) is 0. The third kappa shape index (κ3) is 3.38. The number of carboxylic acids is 2. The second-order valence-corrected chi connectivity index (χ2v) is 5.98. The van der Waals surface area contributed by atoms with Crippen molar-refractivity contribution in [3.05, 3.63) is 70.3 Å². The molecule has 4 nitrogen and oxygen atoms in total. The highest BCUT2D eigenvalue weighted by Crippen LogP contribution is 2.26. The van der Waals surface area contributed by atoms with E-state index in [-0.39, 0.29) is 11.1 Å². The van der Waals surface area contributed by atoms with Gasteiger partial charge in [-0.15, -0.1) is 0 Å². The topological polar surface area (TPSA) is 74.6 Å². The van der Waals surface area contributed by atoms with Crippen LogP contribution in [0.25, 0.3) is 11.6 Å². The lowest BCUT2D eigenvalue weighted by atomic mass is 9.89. The predicted molar refractivity (Wildman–Crippen MR) is 92.0 cm³/mol. The van der Waals surface area contributed by atoms with Gasteiger partial charge in [-0.05, 0) is 66.1 Å². The number of hydrogen-bond donors (Lipinski definition) is 2. The minimum absolute atomic E-state index is 0.179. The molecule has 3 rings (SSSR count). The smallest absolute Gasteiger partial charge is 0.336 e. The second kappa shape index (κ2) is 6.71. The average Bonchev–Trinajstić information content (AvgIpc) is 2.59. The van der Waals surface area contributed by atoms with Crippen molar-refractivity contribution < 1.29 is 19.8 Å². The lowest BCUT2D eigenvalue weighted by Crippen LogP contribution is -2.05. The SMILES string of the molecule is O=C(O)/C(=C\c1ccc(C(=O)O)cc1)c1ccc2c(c1)CCCC2. The maximum Gasteiger partial charge on any atom is 0.336 e. The first-order valence-electron chi connectivity index (χ1n) is 7.95. The Bertz CT molecular complexity index is 816. The van der Waals surface area contributed by atoms with Crippen LogP contribution in [0.1, 0.15) is 45.5 Å². The Kier molecular flexibility index (Phi) is 4.47. The lowest BCUT2D eigenvalue weighted by Gasteiger charge is -2.16. The first-order chi connectivity index (χ1) is 11.5. The molecule has 0 amide bonds. The van der Waals surface area contributed by atoms with Crippen LogP contribution in [0.2, 0.25) is 0 Å². The van der Waals surface area contributed by atoms with E-state index in [1.807, 2.05) is 18.2 Å². The van der Waals surface area contributed by atoms with Gasteiger partial charge < -0.3 is 10.2 Å². The highest BCUT2D eigenvalue weighted by molar-refractivity contribution is 6.20. The van der Waals surface area contributed by atoms with Gasteiger partial charge >= 0.3 is 11.9 Å². The van der Waals surface area contributed by atoms with E-state index in [2.05, 4.69) is 0 Å². The molecule has 0 spiro atoms. The van der Waals surface area contributed by atoms with E-state index in [4.69, 9.17) is 5.11 Å². The minimum atomic E-state index is -1.00. The van der Waals surface area contributed by atoms with Crippen LogP contribution in [0.3, 0.4) is 0 Å². The molecule has 0 heterocycles. The summed E-state index contributed by atoms with van der Waals surface area (Å²) in [6.07, 6.45) is 5.95. The van der Waals surface area contributed by atoms with Crippen LogP contribution in [-0.2, 0) is 17.6 Å². The van der Waals surface area contributed by atoms with E-state index in [9.17, 15) is 14.7 Å². The quantitative estimate of drug-likeness (QED) is 0.661. The molecular weight excluding hydrogens is 304 g/mol. The van der Waals surface area contributed by atoms with Crippen LogP contribution in [0, 0.1) is 0 Å². The molecule has 4 heteroatoms. The molecule has 24 heavy (non-hydrogen) atoms. The number of rotatable bonds is 4. The predicted octanol–water partition coefficient (Wildman–Crippen LogP) is 3.89. The maximum atomic E-state index is 11.7. The molecule has 0 bridgehead atoms. The number of carboxylic acid groups (broad SMARTS) is 2. The molecule has 1 aliphatic carbocycles. The Morgan fingerprint density at radius 2 is 1.46 bits per heavy atom. The van der Waals surface area contributed by atoms with Crippen molar-refractivity contribution in [3.63, 3.8) is 0 Å². The fraction of sp³-hybridized carbons (Fsp3) is 0.200. The molecule has 0 saturated heterocycles. The Morgan fingerprint density at radius 3 is 2.08 bits per heavy atom. The van der Waals surface area contributed by atoms with Gasteiger partial charge in [-0.2, -0.15) is 0 Å². The average molecular weight is 322 g/mol.